The van der Waals surface area contributed by atoms with Gasteiger partial charge in [-0.3, -0.25) is 4.79 Å². The predicted octanol–water partition coefficient (Wildman–Crippen LogP) is 4.32. The molecular formula is C20H21F2NO2. The van der Waals surface area contributed by atoms with Crippen LogP contribution in [0.15, 0.2) is 48.5 Å². The highest BCUT2D eigenvalue weighted by atomic mass is 19.1. The average molecular weight is 345 g/mol. The number of benzene rings is 2. The summed E-state index contributed by atoms with van der Waals surface area (Å²) in [5.74, 6) is -2.16. The molecule has 2 aromatic carbocycles. The monoisotopic (exact) mass is 345 g/mol. The first-order valence-electron chi connectivity index (χ1n) is 8.04. The van der Waals surface area contributed by atoms with Crippen LogP contribution >= 0.6 is 0 Å². The van der Waals surface area contributed by atoms with E-state index in [1.54, 1.807) is 6.08 Å². The largest absolute Gasteiger partial charge is 0.480 e. The van der Waals surface area contributed by atoms with Gasteiger partial charge < -0.3 is 10.8 Å². The van der Waals surface area contributed by atoms with Gasteiger partial charge in [-0.15, -0.1) is 0 Å². The molecule has 1 unspecified atom stereocenters. The Morgan fingerprint density at radius 3 is 2.32 bits per heavy atom. The van der Waals surface area contributed by atoms with Crippen LogP contribution in [0.1, 0.15) is 42.9 Å². The Labute approximate surface area is 145 Å². The van der Waals surface area contributed by atoms with Crippen LogP contribution in [-0.2, 0) is 4.79 Å². The molecule has 2 rings (SSSR count). The number of carboxylic acids is 1. The lowest BCUT2D eigenvalue weighted by atomic mass is 9.93. The molecule has 132 valence electrons. The Morgan fingerprint density at radius 2 is 1.80 bits per heavy atom. The van der Waals surface area contributed by atoms with Gasteiger partial charge in [-0.2, -0.15) is 0 Å². The first-order chi connectivity index (χ1) is 11.8. The van der Waals surface area contributed by atoms with Crippen LogP contribution < -0.4 is 5.73 Å². The van der Waals surface area contributed by atoms with E-state index in [9.17, 15) is 13.6 Å². The predicted molar refractivity (Wildman–Crippen MR) is 94.2 cm³/mol. The average Bonchev–Trinajstić information content (AvgIpc) is 2.56. The normalized spacial score (nSPS) is 13.1. The van der Waals surface area contributed by atoms with E-state index in [1.165, 1.54) is 12.1 Å². The Bertz CT molecular complexity index is 783. The molecule has 0 aromatic heterocycles. The Kier molecular flexibility index (Phi) is 6.04. The first kappa shape index (κ1) is 18.8. The van der Waals surface area contributed by atoms with Crippen molar-refractivity contribution in [3.63, 3.8) is 0 Å². The number of carbonyl (C=O) groups is 1. The van der Waals surface area contributed by atoms with Gasteiger partial charge in [0.2, 0.25) is 0 Å². The zero-order valence-electron chi connectivity index (χ0n) is 14.2. The van der Waals surface area contributed by atoms with Gasteiger partial charge in [0.25, 0.3) is 0 Å². The van der Waals surface area contributed by atoms with Crippen LogP contribution in [0.2, 0.25) is 0 Å². The van der Waals surface area contributed by atoms with E-state index in [4.69, 9.17) is 10.8 Å². The molecule has 1 atom stereocenters. The fourth-order valence-electron chi connectivity index (χ4n) is 2.48. The minimum atomic E-state index is -1.13. The molecule has 0 aliphatic heterocycles. The lowest BCUT2D eigenvalue weighted by molar-refractivity contribution is -0.138. The summed E-state index contributed by atoms with van der Waals surface area (Å²) in [6.07, 6.45) is 1.62. The highest BCUT2D eigenvalue weighted by molar-refractivity contribution is 5.81. The fraction of sp³-hybridized carbons (Fsp3) is 0.250. The number of halogens is 2. The molecule has 0 fully saturated rings. The van der Waals surface area contributed by atoms with Crippen molar-refractivity contribution in [3.05, 3.63) is 76.9 Å². The maximum absolute atomic E-state index is 14.2. The van der Waals surface area contributed by atoms with Crippen LogP contribution in [0.3, 0.4) is 0 Å². The van der Waals surface area contributed by atoms with Crippen molar-refractivity contribution in [3.8, 4) is 0 Å². The smallest absolute Gasteiger partial charge is 0.320 e. The van der Waals surface area contributed by atoms with Crippen LogP contribution in [0, 0.1) is 11.6 Å². The molecule has 0 aliphatic carbocycles. The molecule has 0 spiro atoms. The summed E-state index contributed by atoms with van der Waals surface area (Å²) in [7, 11) is 0. The number of aliphatic carboxylic acids is 1. The van der Waals surface area contributed by atoms with Crippen LogP contribution in [0.4, 0.5) is 8.78 Å². The molecular weight excluding hydrogens is 324 g/mol. The number of hydrogen-bond donors (Lipinski definition) is 2. The molecule has 3 nitrogen and oxygen atoms in total. The molecule has 2 aromatic rings. The van der Waals surface area contributed by atoms with Gasteiger partial charge in [-0.25, -0.2) is 8.78 Å². The minimum absolute atomic E-state index is 0.0351. The summed E-state index contributed by atoms with van der Waals surface area (Å²) in [6, 6.07) is 9.80. The van der Waals surface area contributed by atoms with Crippen molar-refractivity contribution in [2.45, 2.75) is 32.2 Å². The Hall–Kier alpha value is -2.53. The van der Waals surface area contributed by atoms with Gasteiger partial charge >= 0.3 is 5.97 Å². The van der Waals surface area contributed by atoms with Crippen LogP contribution in [-0.4, -0.2) is 17.1 Å². The fourth-order valence-corrected chi connectivity index (χ4v) is 2.48. The minimum Gasteiger partial charge on any atom is -0.480 e. The maximum Gasteiger partial charge on any atom is 0.320 e. The molecule has 5 heteroatoms. The molecule has 0 aliphatic rings. The number of hydrogen-bond acceptors (Lipinski definition) is 2. The molecule has 0 bridgehead atoms. The van der Waals surface area contributed by atoms with Crippen molar-refractivity contribution in [2.24, 2.45) is 5.73 Å². The lowest BCUT2D eigenvalue weighted by Crippen LogP contribution is -2.29. The summed E-state index contributed by atoms with van der Waals surface area (Å²) in [5, 5.41) is 8.95. The number of nitrogens with two attached hydrogens (primary N) is 1. The molecule has 25 heavy (non-hydrogen) atoms. The van der Waals surface area contributed by atoms with Gasteiger partial charge in [0.05, 0.1) is 0 Å². The third-order valence-corrected chi connectivity index (χ3v) is 4.00. The standard InChI is InChI=1S/C20H21F2NO2/c1-12(2)13-3-5-14(6-4-13)16(9-10-19(23)20(24)25)17-8-7-15(21)11-18(17)22/h3-9,11-12,19H,10,23H2,1-2H3,(H,24,25)/b16-9-. The van der Waals surface area contributed by atoms with Crippen molar-refractivity contribution in [2.75, 3.05) is 0 Å². The maximum atomic E-state index is 14.2. The SMILES string of the molecule is CC(C)c1ccc(/C(=C/CC(N)C(=O)O)c2ccc(F)cc2F)cc1. The van der Waals surface area contributed by atoms with E-state index in [1.807, 2.05) is 24.3 Å². The topological polar surface area (TPSA) is 63.3 Å². The van der Waals surface area contributed by atoms with Gasteiger partial charge in [0, 0.05) is 11.6 Å². The van der Waals surface area contributed by atoms with Crippen molar-refractivity contribution in [1.82, 2.24) is 0 Å². The first-order valence-corrected chi connectivity index (χ1v) is 8.04. The summed E-state index contributed by atoms with van der Waals surface area (Å²) in [6.45, 7) is 4.13. The lowest BCUT2D eigenvalue weighted by Gasteiger charge is -2.13. The summed E-state index contributed by atoms with van der Waals surface area (Å²) >= 11 is 0. The second-order valence-electron chi connectivity index (χ2n) is 6.20. The quantitative estimate of drug-likeness (QED) is 0.819. The highest BCUT2D eigenvalue weighted by Gasteiger charge is 2.15. The van der Waals surface area contributed by atoms with Gasteiger partial charge in [0.1, 0.15) is 17.7 Å². The van der Waals surface area contributed by atoms with E-state index < -0.39 is 23.6 Å². The second kappa shape index (κ2) is 8.03. The number of rotatable bonds is 6. The van der Waals surface area contributed by atoms with Gasteiger partial charge in [-0.05, 0) is 41.2 Å². The second-order valence-corrected chi connectivity index (χ2v) is 6.20. The zero-order valence-corrected chi connectivity index (χ0v) is 14.2. The van der Waals surface area contributed by atoms with Crippen molar-refractivity contribution < 1.29 is 18.7 Å². The summed E-state index contributed by atoms with van der Waals surface area (Å²) in [5.41, 5.74) is 8.09. The van der Waals surface area contributed by atoms with Gasteiger partial charge in [-0.1, -0.05) is 44.2 Å². The molecule has 0 radical (unpaired) electrons. The van der Waals surface area contributed by atoms with E-state index in [-0.39, 0.29) is 12.0 Å². The molecule has 0 amide bonds. The molecule has 0 heterocycles. The third-order valence-electron chi connectivity index (χ3n) is 4.00. The summed E-state index contributed by atoms with van der Waals surface area (Å²) in [4.78, 5) is 10.9. The molecule has 3 N–H and O–H groups in total. The van der Waals surface area contributed by atoms with E-state index in [0.29, 0.717) is 17.1 Å². The van der Waals surface area contributed by atoms with E-state index >= 15 is 0 Å². The Morgan fingerprint density at radius 1 is 1.16 bits per heavy atom. The van der Waals surface area contributed by atoms with Crippen LogP contribution in [0.5, 0.6) is 0 Å². The Balaban J connectivity index is 2.48. The van der Waals surface area contributed by atoms with E-state index in [0.717, 1.165) is 11.6 Å². The van der Waals surface area contributed by atoms with E-state index in [2.05, 4.69) is 13.8 Å². The van der Waals surface area contributed by atoms with Crippen molar-refractivity contribution >= 4 is 11.5 Å². The third kappa shape index (κ3) is 4.73. The molecule has 0 saturated heterocycles. The van der Waals surface area contributed by atoms with Crippen LogP contribution in [0.25, 0.3) is 5.57 Å². The number of carboxylic acid groups (broad SMARTS) is 1. The summed E-state index contributed by atoms with van der Waals surface area (Å²) < 4.78 is 27.5. The molecule has 0 saturated carbocycles. The zero-order chi connectivity index (χ0) is 18.6. The highest BCUT2D eigenvalue weighted by Crippen LogP contribution is 2.28. The van der Waals surface area contributed by atoms with Gasteiger partial charge in [0.15, 0.2) is 0 Å². The van der Waals surface area contributed by atoms with Crippen molar-refractivity contribution in [1.29, 1.82) is 0 Å².